The summed E-state index contributed by atoms with van der Waals surface area (Å²) in [6.07, 6.45) is 2.83. The molecule has 4 atom stereocenters. The fourth-order valence-electron chi connectivity index (χ4n) is 3.16. The van der Waals surface area contributed by atoms with E-state index in [-0.39, 0.29) is 24.8 Å². The van der Waals surface area contributed by atoms with Gasteiger partial charge in [0.2, 0.25) is 23.6 Å². The highest BCUT2D eigenvalue weighted by Gasteiger charge is 2.29. The van der Waals surface area contributed by atoms with Crippen LogP contribution in [0.1, 0.15) is 51.9 Å². The molecule has 4 unspecified atom stereocenters. The summed E-state index contributed by atoms with van der Waals surface area (Å²) >= 11 is 0. The summed E-state index contributed by atoms with van der Waals surface area (Å²) in [5.74, 6) is -3.55. The predicted molar refractivity (Wildman–Crippen MR) is 111 cm³/mol. The monoisotopic (exact) mass is 442 g/mol. The zero-order valence-corrected chi connectivity index (χ0v) is 17.8. The molecule has 1 saturated heterocycles. The molecule has 176 valence electrons. The van der Waals surface area contributed by atoms with Crippen LogP contribution in [0, 0.1) is 0 Å². The lowest BCUT2D eigenvalue weighted by Gasteiger charge is -2.23. The molecule has 1 aliphatic rings. The molecule has 1 heterocycles. The van der Waals surface area contributed by atoms with Crippen molar-refractivity contribution in [3.05, 3.63) is 0 Å². The van der Waals surface area contributed by atoms with Crippen LogP contribution in [0.15, 0.2) is 0 Å². The zero-order valence-electron chi connectivity index (χ0n) is 17.8. The van der Waals surface area contributed by atoms with Crippen molar-refractivity contribution >= 4 is 29.6 Å². The Morgan fingerprint density at radius 2 is 1.74 bits per heavy atom. The molecule has 0 saturated carbocycles. The Balaban J connectivity index is 2.68. The first-order valence-corrected chi connectivity index (χ1v) is 10.5. The van der Waals surface area contributed by atoms with E-state index in [2.05, 4.69) is 21.3 Å². The van der Waals surface area contributed by atoms with Crippen molar-refractivity contribution < 1.29 is 29.1 Å². The van der Waals surface area contributed by atoms with E-state index in [1.807, 2.05) is 0 Å². The van der Waals surface area contributed by atoms with Crippen LogP contribution in [-0.4, -0.2) is 72.0 Å². The van der Waals surface area contributed by atoms with Gasteiger partial charge in [0, 0.05) is 6.42 Å². The van der Waals surface area contributed by atoms with Gasteiger partial charge in [0.1, 0.15) is 18.1 Å². The van der Waals surface area contributed by atoms with Gasteiger partial charge >= 0.3 is 5.97 Å². The van der Waals surface area contributed by atoms with Gasteiger partial charge in [0.05, 0.1) is 6.04 Å². The summed E-state index contributed by atoms with van der Waals surface area (Å²) in [5, 5.41) is 19.8. The minimum atomic E-state index is -1.32. The molecular formula is C19H34N6O6. The SMILES string of the molecule is CC(NC(=O)C(CCCCN)NC(=O)C1CCCN1)C(=O)NC(CCC(N)=O)C(=O)O. The van der Waals surface area contributed by atoms with Crippen molar-refractivity contribution in [2.45, 2.75) is 76.0 Å². The molecule has 0 aromatic carbocycles. The van der Waals surface area contributed by atoms with Crippen LogP contribution in [0.25, 0.3) is 0 Å². The number of carbonyl (C=O) groups is 5. The molecule has 0 bridgehead atoms. The number of amides is 4. The molecule has 0 aromatic heterocycles. The second-order valence-corrected chi connectivity index (χ2v) is 7.63. The third kappa shape index (κ3) is 9.75. The van der Waals surface area contributed by atoms with E-state index in [4.69, 9.17) is 11.5 Å². The van der Waals surface area contributed by atoms with E-state index in [1.54, 1.807) is 0 Å². The summed E-state index contributed by atoms with van der Waals surface area (Å²) < 4.78 is 0. The molecule has 0 aliphatic carbocycles. The minimum absolute atomic E-state index is 0.163. The fraction of sp³-hybridized carbons (Fsp3) is 0.737. The molecule has 12 nitrogen and oxygen atoms in total. The van der Waals surface area contributed by atoms with Gasteiger partial charge in [-0.15, -0.1) is 0 Å². The Hall–Kier alpha value is -2.73. The van der Waals surface area contributed by atoms with Gasteiger partial charge in [0.25, 0.3) is 0 Å². The van der Waals surface area contributed by atoms with Crippen LogP contribution in [0.3, 0.4) is 0 Å². The molecular weight excluding hydrogens is 408 g/mol. The van der Waals surface area contributed by atoms with Crippen molar-refractivity contribution in [2.24, 2.45) is 11.5 Å². The number of nitrogens with one attached hydrogen (secondary N) is 4. The van der Waals surface area contributed by atoms with Crippen molar-refractivity contribution in [2.75, 3.05) is 13.1 Å². The summed E-state index contributed by atoms with van der Waals surface area (Å²) in [5.41, 5.74) is 10.5. The summed E-state index contributed by atoms with van der Waals surface area (Å²) in [7, 11) is 0. The zero-order chi connectivity index (χ0) is 23.4. The number of carboxylic acids is 1. The first kappa shape index (κ1) is 26.3. The third-order valence-electron chi connectivity index (χ3n) is 5.00. The van der Waals surface area contributed by atoms with Gasteiger partial charge in [-0.3, -0.25) is 19.2 Å². The maximum absolute atomic E-state index is 12.7. The van der Waals surface area contributed by atoms with Gasteiger partial charge in [0.15, 0.2) is 0 Å². The minimum Gasteiger partial charge on any atom is -0.480 e. The Labute approximate surface area is 181 Å². The highest BCUT2D eigenvalue weighted by molar-refractivity contribution is 5.94. The van der Waals surface area contributed by atoms with Gasteiger partial charge in [-0.1, -0.05) is 0 Å². The third-order valence-corrected chi connectivity index (χ3v) is 5.00. The van der Waals surface area contributed by atoms with Crippen LogP contribution in [0.2, 0.25) is 0 Å². The number of carboxylic acid groups (broad SMARTS) is 1. The highest BCUT2D eigenvalue weighted by Crippen LogP contribution is 2.08. The maximum Gasteiger partial charge on any atom is 0.326 e. The van der Waals surface area contributed by atoms with Crippen molar-refractivity contribution in [1.82, 2.24) is 21.3 Å². The molecule has 0 aromatic rings. The molecule has 1 aliphatic heterocycles. The van der Waals surface area contributed by atoms with Gasteiger partial charge in [-0.05, 0) is 58.5 Å². The topological polar surface area (TPSA) is 206 Å². The molecule has 31 heavy (non-hydrogen) atoms. The largest absolute Gasteiger partial charge is 0.480 e. The summed E-state index contributed by atoms with van der Waals surface area (Å²) in [6, 6.07) is -3.57. The van der Waals surface area contributed by atoms with Crippen LogP contribution in [0.4, 0.5) is 0 Å². The van der Waals surface area contributed by atoms with Crippen LogP contribution in [-0.2, 0) is 24.0 Å². The predicted octanol–water partition coefficient (Wildman–Crippen LogP) is -2.31. The summed E-state index contributed by atoms with van der Waals surface area (Å²) in [6.45, 7) is 2.59. The normalized spacial score (nSPS) is 18.5. The fourth-order valence-corrected chi connectivity index (χ4v) is 3.16. The van der Waals surface area contributed by atoms with Crippen LogP contribution < -0.4 is 32.7 Å². The van der Waals surface area contributed by atoms with E-state index in [9.17, 15) is 29.1 Å². The van der Waals surface area contributed by atoms with E-state index in [0.29, 0.717) is 32.2 Å². The number of rotatable bonds is 14. The number of nitrogens with two attached hydrogens (primary N) is 2. The van der Waals surface area contributed by atoms with Crippen molar-refractivity contribution in [3.8, 4) is 0 Å². The standard InChI is InChI=1S/C19H34N6O6/c1-11(16(27)25-14(19(30)31)7-8-15(21)26)23-18(29)13(5-2-3-9-20)24-17(28)12-6-4-10-22-12/h11-14,22H,2-10,20H2,1H3,(H2,21,26)(H,23,29)(H,24,28)(H,25,27)(H,30,31). The molecule has 0 radical (unpaired) electrons. The number of unbranched alkanes of at least 4 members (excludes halogenated alkanes) is 1. The van der Waals surface area contributed by atoms with Gasteiger partial charge in [-0.2, -0.15) is 0 Å². The molecule has 0 spiro atoms. The Bertz CT molecular complexity index is 652. The smallest absolute Gasteiger partial charge is 0.326 e. The van der Waals surface area contributed by atoms with E-state index in [0.717, 1.165) is 13.0 Å². The Morgan fingerprint density at radius 3 is 2.29 bits per heavy atom. The van der Waals surface area contributed by atoms with E-state index < -0.39 is 41.8 Å². The van der Waals surface area contributed by atoms with Gasteiger partial charge < -0.3 is 37.8 Å². The second-order valence-electron chi connectivity index (χ2n) is 7.63. The van der Waals surface area contributed by atoms with Crippen molar-refractivity contribution in [1.29, 1.82) is 0 Å². The second kappa shape index (κ2) is 13.5. The molecule has 1 fully saturated rings. The lowest BCUT2D eigenvalue weighted by atomic mass is 10.1. The van der Waals surface area contributed by atoms with Crippen LogP contribution in [0.5, 0.6) is 0 Å². The average Bonchev–Trinajstić information content (AvgIpc) is 3.24. The number of hydrogen-bond acceptors (Lipinski definition) is 7. The van der Waals surface area contributed by atoms with Crippen molar-refractivity contribution in [3.63, 3.8) is 0 Å². The van der Waals surface area contributed by atoms with E-state index in [1.165, 1.54) is 6.92 Å². The summed E-state index contributed by atoms with van der Waals surface area (Å²) in [4.78, 5) is 59.6. The first-order chi connectivity index (χ1) is 14.6. The Kier molecular flexibility index (Phi) is 11.5. The van der Waals surface area contributed by atoms with Crippen LogP contribution >= 0.6 is 0 Å². The number of carbonyl (C=O) groups excluding carboxylic acids is 4. The molecule has 12 heteroatoms. The lowest BCUT2D eigenvalue weighted by Crippen LogP contribution is -2.56. The number of primary amides is 1. The first-order valence-electron chi connectivity index (χ1n) is 10.5. The highest BCUT2D eigenvalue weighted by atomic mass is 16.4. The molecule has 1 rings (SSSR count). The maximum atomic E-state index is 12.7. The number of aliphatic carboxylic acids is 1. The Morgan fingerprint density at radius 1 is 1.03 bits per heavy atom. The average molecular weight is 443 g/mol. The molecule has 4 amide bonds. The lowest BCUT2D eigenvalue weighted by molar-refractivity contribution is -0.142. The van der Waals surface area contributed by atoms with E-state index >= 15 is 0 Å². The molecule has 9 N–H and O–H groups in total. The number of hydrogen-bond donors (Lipinski definition) is 7. The quantitative estimate of drug-likeness (QED) is 0.145. The van der Waals surface area contributed by atoms with Gasteiger partial charge in [-0.25, -0.2) is 4.79 Å².